The summed E-state index contributed by atoms with van der Waals surface area (Å²) >= 11 is 0. The van der Waals surface area contributed by atoms with Gasteiger partial charge in [0, 0.05) is 46.0 Å². The lowest BCUT2D eigenvalue weighted by Crippen LogP contribution is -2.42. The molecule has 0 fully saturated rings. The normalized spacial score (nSPS) is 14.5. The highest BCUT2D eigenvalue weighted by Crippen LogP contribution is 2.07. The average molecular weight is 268 g/mol. The average Bonchev–Trinajstić information content (AvgIpc) is 2.27. The van der Waals surface area contributed by atoms with Gasteiger partial charge < -0.3 is 20.1 Å². The third kappa shape index (κ3) is 7.67. The molecule has 0 aromatic heterocycles. The molecule has 0 spiro atoms. The number of nitrogens with zero attached hydrogens (tertiary/aromatic N) is 1. The van der Waals surface area contributed by atoms with Crippen LogP contribution in [0.1, 0.15) is 6.42 Å². The monoisotopic (exact) mass is 268 g/mol. The van der Waals surface area contributed by atoms with Gasteiger partial charge in [-0.1, -0.05) is 0 Å². The third-order valence-corrected chi connectivity index (χ3v) is 3.62. The highest BCUT2D eigenvalue weighted by atomic mass is 32.2. The van der Waals surface area contributed by atoms with E-state index in [9.17, 15) is 8.42 Å². The Morgan fingerprint density at radius 3 is 2.18 bits per heavy atom. The molecule has 0 aromatic carbocycles. The van der Waals surface area contributed by atoms with Crippen LogP contribution in [-0.2, 0) is 19.3 Å². The zero-order chi connectivity index (χ0) is 13.5. The smallest absolute Gasteiger partial charge is 0.158 e. The molecule has 6 nitrogen and oxygen atoms in total. The van der Waals surface area contributed by atoms with Gasteiger partial charge in [0.1, 0.15) is 9.84 Å². The Labute approximate surface area is 104 Å². The van der Waals surface area contributed by atoms with Crippen LogP contribution in [0.15, 0.2) is 0 Å². The Bertz CT molecular complexity index is 291. The molecule has 0 aliphatic heterocycles. The Morgan fingerprint density at radius 1 is 1.29 bits per heavy atom. The van der Waals surface area contributed by atoms with Crippen molar-refractivity contribution in [3.63, 3.8) is 0 Å². The molecule has 1 unspecified atom stereocenters. The fourth-order valence-corrected chi connectivity index (χ4v) is 2.08. The zero-order valence-electron chi connectivity index (χ0n) is 11.0. The number of hydrogen-bond donors (Lipinski definition) is 1. The maximum atomic E-state index is 11.1. The van der Waals surface area contributed by atoms with E-state index in [1.54, 1.807) is 14.2 Å². The van der Waals surface area contributed by atoms with Gasteiger partial charge in [-0.3, -0.25) is 0 Å². The van der Waals surface area contributed by atoms with E-state index < -0.39 is 9.84 Å². The van der Waals surface area contributed by atoms with Crippen LogP contribution in [0.3, 0.4) is 0 Å². The Balaban J connectivity index is 4.25. The molecule has 0 radical (unpaired) electrons. The van der Waals surface area contributed by atoms with E-state index >= 15 is 0 Å². The van der Waals surface area contributed by atoms with Gasteiger partial charge in [0.15, 0.2) is 6.29 Å². The second-order valence-corrected chi connectivity index (χ2v) is 6.40. The maximum absolute atomic E-state index is 11.1. The lowest BCUT2D eigenvalue weighted by molar-refractivity contribution is -0.115. The van der Waals surface area contributed by atoms with E-state index in [1.165, 1.54) is 6.26 Å². The van der Waals surface area contributed by atoms with Crippen LogP contribution in [-0.4, -0.2) is 72.0 Å². The van der Waals surface area contributed by atoms with Crippen LogP contribution in [0.2, 0.25) is 0 Å². The van der Waals surface area contributed by atoms with Crippen molar-refractivity contribution in [2.75, 3.05) is 46.4 Å². The minimum atomic E-state index is -2.95. The van der Waals surface area contributed by atoms with Crippen molar-refractivity contribution < 1.29 is 17.9 Å². The second-order valence-electron chi connectivity index (χ2n) is 4.14. The van der Waals surface area contributed by atoms with Crippen molar-refractivity contribution in [3.05, 3.63) is 0 Å². The number of likely N-dealkylation sites (N-methyl/N-ethyl adjacent to an activating group) is 1. The van der Waals surface area contributed by atoms with Gasteiger partial charge in [0.2, 0.25) is 0 Å². The maximum Gasteiger partial charge on any atom is 0.158 e. The van der Waals surface area contributed by atoms with E-state index in [2.05, 4.69) is 0 Å². The van der Waals surface area contributed by atoms with Gasteiger partial charge in [-0.05, 0) is 7.05 Å². The predicted octanol–water partition coefficient (Wildman–Crippen LogP) is -0.701. The SMILES string of the molecule is COC(CC(CN)N(C)CCS(C)(=O)=O)OC. The molecular formula is C10H24N2O4S. The second kappa shape index (κ2) is 7.99. The Hall–Kier alpha value is -0.210. The molecule has 17 heavy (non-hydrogen) atoms. The summed E-state index contributed by atoms with van der Waals surface area (Å²) in [5.41, 5.74) is 5.67. The summed E-state index contributed by atoms with van der Waals surface area (Å²) in [6.07, 6.45) is 1.53. The first-order chi connectivity index (χ1) is 7.84. The summed E-state index contributed by atoms with van der Waals surface area (Å²) in [4.78, 5) is 1.92. The molecule has 0 aliphatic carbocycles. The first-order valence-corrected chi connectivity index (χ1v) is 7.53. The molecule has 0 saturated carbocycles. The van der Waals surface area contributed by atoms with Gasteiger partial charge >= 0.3 is 0 Å². The van der Waals surface area contributed by atoms with Crippen molar-refractivity contribution in [2.45, 2.75) is 18.8 Å². The van der Waals surface area contributed by atoms with Gasteiger partial charge in [-0.15, -0.1) is 0 Å². The number of sulfone groups is 1. The van der Waals surface area contributed by atoms with Gasteiger partial charge in [-0.25, -0.2) is 8.42 Å². The molecule has 0 heterocycles. The lowest BCUT2D eigenvalue weighted by Gasteiger charge is -2.29. The van der Waals surface area contributed by atoms with Crippen molar-refractivity contribution >= 4 is 9.84 Å². The van der Waals surface area contributed by atoms with Crippen molar-refractivity contribution in [1.29, 1.82) is 0 Å². The van der Waals surface area contributed by atoms with Crippen molar-refractivity contribution in [2.24, 2.45) is 5.73 Å². The molecule has 0 aliphatic rings. The van der Waals surface area contributed by atoms with Crippen LogP contribution in [0.4, 0.5) is 0 Å². The van der Waals surface area contributed by atoms with Crippen LogP contribution in [0.25, 0.3) is 0 Å². The largest absolute Gasteiger partial charge is 0.356 e. The van der Waals surface area contributed by atoms with E-state index in [0.717, 1.165) is 0 Å². The summed E-state index contributed by atoms with van der Waals surface area (Å²) in [7, 11) is 2.04. The molecule has 2 N–H and O–H groups in total. The molecule has 7 heteroatoms. The fourth-order valence-electron chi connectivity index (χ4n) is 1.46. The van der Waals surface area contributed by atoms with Crippen LogP contribution in [0, 0.1) is 0 Å². The summed E-state index contributed by atoms with van der Waals surface area (Å²) < 4.78 is 32.4. The molecule has 0 bridgehead atoms. The number of hydrogen-bond acceptors (Lipinski definition) is 6. The van der Waals surface area contributed by atoms with Crippen LogP contribution >= 0.6 is 0 Å². The van der Waals surface area contributed by atoms with E-state index in [1.807, 2.05) is 11.9 Å². The molecule has 1 atom stereocenters. The molecule has 0 aromatic rings. The molecule has 0 rings (SSSR count). The standard InChI is InChI=1S/C10H24N2O4S/c1-12(5-6-17(4,13)14)9(8-11)7-10(15-2)16-3/h9-10H,5-8,11H2,1-4H3. The Kier molecular flexibility index (Phi) is 7.89. The Morgan fingerprint density at radius 2 is 1.82 bits per heavy atom. The third-order valence-electron chi connectivity index (χ3n) is 2.70. The van der Waals surface area contributed by atoms with Crippen molar-refractivity contribution in [1.82, 2.24) is 4.90 Å². The summed E-state index contributed by atoms with van der Waals surface area (Å²) in [5, 5.41) is 0. The quantitative estimate of drug-likeness (QED) is 0.557. The molecular weight excluding hydrogens is 244 g/mol. The highest BCUT2D eigenvalue weighted by Gasteiger charge is 2.19. The van der Waals surface area contributed by atoms with Crippen LogP contribution in [0.5, 0.6) is 0 Å². The number of methoxy groups -OCH3 is 2. The van der Waals surface area contributed by atoms with Crippen molar-refractivity contribution in [3.8, 4) is 0 Å². The van der Waals surface area contributed by atoms with Crippen LogP contribution < -0.4 is 5.73 Å². The minimum absolute atomic E-state index is 0.0432. The molecule has 0 amide bonds. The number of ether oxygens (including phenoxy) is 2. The zero-order valence-corrected chi connectivity index (χ0v) is 11.9. The fraction of sp³-hybridized carbons (Fsp3) is 1.00. The van der Waals surface area contributed by atoms with Gasteiger partial charge in [-0.2, -0.15) is 0 Å². The van der Waals surface area contributed by atoms with Gasteiger partial charge in [0.25, 0.3) is 0 Å². The number of nitrogens with two attached hydrogens (primary N) is 1. The summed E-state index contributed by atoms with van der Waals surface area (Å²) in [5.74, 6) is 0.130. The highest BCUT2D eigenvalue weighted by molar-refractivity contribution is 7.90. The van der Waals surface area contributed by atoms with E-state index in [0.29, 0.717) is 19.5 Å². The first-order valence-electron chi connectivity index (χ1n) is 5.47. The first kappa shape index (κ1) is 16.8. The van der Waals surface area contributed by atoms with E-state index in [4.69, 9.17) is 15.2 Å². The minimum Gasteiger partial charge on any atom is -0.356 e. The lowest BCUT2D eigenvalue weighted by atomic mass is 10.2. The summed E-state index contributed by atoms with van der Waals surface area (Å²) in [6, 6.07) is 0.0432. The van der Waals surface area contributed by atoms with Gasteiger partial charge in [0.05, 0.1) is 5.75 Å². The number of rotatable bonds is 9. The summed E-state index contributed by atoms with van der Waals surface area (Å²) in [6.45, 7) is 0.893. The predicted molar refractivity (Wildman–Crippen MR) is 67.6 cm³/mol. The topological polar surface area (TPSA) is 81.9 Å². The van der Waals surface area contributed by atoms with E-state index in [-0.39, 0.29) is 18.1 Å². The molecule has 104 valence electrons. The molecule has 0 saturated heterocycles.